The van der Waals surface area contributed by atoms with E-state index in [9.17, 15) is 9.18 Å². The summed E-state index contributed by atoms with van der Waals surface area (Å²) in [6, 6.07) is 15.5. The zero-order chi connectivity index (χ0) is 20.2. The van der Waals surface area contributed by atoms with Crippen LogP contribution in [-0.4, -0.2) is 42.3 Å². The van der Waals surface area contributed by atoms with Crippen LogP contribution in [0.2, 0.25) is 0 Å². The van der Waals surface area contributed by atoms with Gasteiger partial charge in [0.25, 0.3) is 5.91 Å². The highest BCUT2D eigenvalue weighted by Crippen LogP contribution is 2.25. The van der Waals surface area contributed by atoms with E-state index < -0.39 is 5.82 Å². The van der Waals surface area contributed by atoms with Crippen molar-refractivity contribution in [3.05, 3.63) is 66.0 Å². The number of anilines is 1. The Hall–Kier alpha value is -3.35. The molecule has 2 N–H and O–H groups in total. The normalized spacial score (nSPS) is 16.5. The number of piperidine rings is 1. The lowest BCUT2D eigenvalue weighted by atomic mass is 10.0. The van der Waals surface area contributed by atoms with Crippen LogP contribution in [0.15, 0.2) is 54.6 Å². The second-order valence-corrected chi connectivity index (χ2v) is 7.14. The number of nitrogens with one attached hydrogen (secondary N) is 2. The minimum Gasteiger partial charge on any atom is -0.497 e. The number of nitrogens with zero attached hydrogens (tertiary/aromatic N) is 2. The highest BCUT2D eigenvalue weighted by molar-refractivity contribution is 5.94. The van der Waals surface area contributed by atoms with Crippen molar-refractivity contribution in [3.8, 4) is 17.0 Å². The monoisotopic (exact) mass is 394 g/mol. The molecule has 1 fully saturated rings. The second kappa shape index (κ2) is 8.34. The molecule has 7 heteroatoms. The molecule has 0 bridgehead atoms. The molecule has 1 saturated heterocycles. The number of methoxy groups -OCH3 is 1. The fraction of sp³-hybridized carbons (Fsp3) is 0.273. The van der Waals surface area contributed by atoms with Crippen LogP contribution in [0.1, 0.15) is 23.2 Å². The van der Waals surface area contributed by atoms with Gasteiger partial charge < -0.3 is 15.0 Å². The molecule has 1 aliphatic rings. The lowest BCUT2D eigenvalue weighted by Gasteiger charge is -2.33. The molecular weight excluding hydrogens is 371 g/mol. The van der Waals surface area contributed by atoms with Gasteiger partial charge >= 0.3 is 0 Å². The minimum atomic E-state index is -0.412. The van der Waals surface area contributed by atoms with E-state index in [0.29, 0.717) is 12.1 Å². The summed E-state index contributed by atoms with van der Waals surface area (Å²) in [5.41, 5.74) is 2.29. The van der Waals surface area contributed by atoms with Gasteiger partial charge in [0.1, 0.15) is 11.6 Å². The van der Waals surface area contributed by atoms with Crippen molar-refractivity contribution in [1.29, 1.82) is 0 Å². The second-order valence-electron chi connectivity index (χ2n) is 7.14. The fourth-order valence-corrected chi connectivity index (χ4v) is 3.59. The number of hydrogen-bond acceptors (Lipinski definition) is 4. The van der Waals surface area contributed by atoms with Gasteiger partial charge in [0, 0.05) is 30.8 Å². The molecule has 2 aromatic carbocycles. The third-order valence-corrected chi connectivity index (χ3v) is 5.13. The number of carbonyl (C=O) groups is 1. The van der Waals surface area contributed by atoms with Crippen molar-refractivity contribution in [3.63, 3.8) is 0 Å². The molecular formula is C22H23FN4O2. The van der Waals surface area contributed by atoms with E-state index in [4.69, 9.17) is 4.74 Å². The minimum absolute atomic E-state index is 0.0133. The van der Waals surface area contributed by atoms with Gasteiger partial charge in [0.15, 0.2) is 5.82 Å². The third kappa shape index (κ3) is 4.39. The van der Waals surface area contributed by atoms with Crippen LogP contribution < -0.4 is 15.0 Å². The molecule has 1 amide bonds. The maximum absolute atomic E-state index is 13.4. The van der Waals surface area contributed by atoms with Gasteiger partial charge in [-0.25, -0.2) is 4.39 Å². The van der Waals surface area contributed by atoms with E-state index >= 15 is 0 Å². The molecule has 0 radical (unpaired) electrons. The smallest absolute Gasteiger partial charge is 0.251 e. The van der Waals surface area contributed by atoms with E-state index in [2.05, 4.69) is 20.4 Å². The molecule has 150 valence electrons. The number of H-pyrrole nitrogens is 1. The van der Waals surface area contributed by atoms with E-state index in [0.717, 1.165) is 42.2 Å². The number of ether oxygens (including phenoxy) is 1. The summed E-state index contributed by atoms with van der Waals surface area (Å²) in [5.74, 6) is 0.990. The highest BCUT2D eigenvalue weighted by Gasteiger charge is 2.23. The first-order chi connectivity index (χ1) is 14.1. The largest absolute Gasteiger partial charge is 0.497 e. The summed E-state index contributed by atoms with van der Waals surface area (Å²) in [6.07, 6.45) is 1.83. The Kier molecular flexibility index (Phi) is 5.46. The Labute approximate surface area is 168 Å². The Morgan fingerprint density at radius 3 is 2.83 bits per heavy atom. The van der Waals surface area contributed by atoms with Crippen LogP contribution in [0.4, 0.5) is 10.2 Å². The average Bonchev–Trinajstić information content (AvgIpc) is 3.24. The van der Waals surface area contributed by atoms with Crippen molar-refractivity contribution < 1.29 is 13.9 Å². The van der Waals surface area contributed by atoms with Gasteiger partial charge in [0.2, 0.25) is 0 Å². The zero-order valence-electron chi connectivity index (χ0n) is 16.2. The topological polar surface area (TPSA) is 70.2 Å². The molecule has 0 aliphatic carbocycles. The summed E-state index contributed by atoms with van der Waals surface area (Å²) in [5, 5.41) is 10.5. The molecule has 6 nitrogen and oxygen atoms in total. The molecule has 1 atom stereocenters. The number of carbonyl (C=O) groups excluding carboxylic acids is 1. The number of hydrogen-bond donors (Lipinski definition) is 2. The third-order valence-electron chi connectivity index (χ3n) is 5.13. The predicted octanol–water partition coefficient (Wildman–Crippen LogP) is 3.62. The van der Waals surface area contributed by atoms with Crippen LogP contribution in [0.3, 0.4) is 0 Å². The van der Waals surface area contributed by atoms with Gasteiger partial charge in [-0.3, -0.25) is 9.89 Å². The van der Waals surface area contributed by atoms with Crippen molar-refractivity contribution in [1.82, 2.24) is 15.5 Å². The van der Waals surface area contributed by atoms with E-state index in [1.807, 2.05) is 30.3 Å². The van der Waals surface area contributed by atoms with Gasteiger partial charge in [0.05, 0.1) is 12.8 Å². The first kappa shape index (κ1) is 19.0. The summed E-state index contributed by atoms with van der Waals surface area (Å²) in [7, 11) is 1.64. The van der Waals surface area contributed by atoms with Crippen LogP contribution in [-0.2, 0) is 0 Å². The summed E-state index contributed by atoms with van der Waals surface area (Å²) in [4.78, 5) is 14.6. The van der Waals surface area contributed by atoms with Gasteiger partial charge in [-0.2, -0.15) is 5.10 Å². The lowest BCUT2D eigenvalue weighted by molar-refractivity contribution is 0.0932. The lowest BCUT2D eigenvalue weighted by Crippen LogP contribution is -2.48. The molecule has 0 unspecified atom stereocenters. The molecule has 4 rings (SSSR count). The standard InChI is InChI=1S/C22H23FN4O2/c1-29-19-9-7-15(8-10-19)20-13-21(26-25-20)27-11-3-6-18(14-27)24-22(28)16-4-2-5-17(23)12-16/h2,4-5,7-10,12-13,18H,3,6,11,14H2,1H3,(H,24,28)(H,25,26)/t18-/m1/s1. The van der Waals surface area contributed by atoms with Gasteiger partial charge in [-0.15, -0.1) is 0 Å². The number of aromatic amines is 1. The molecule has 0 spiro atoms. The fourth-order valence-electron chi connectivity index (χ4n) is 3.59. The molecule has 2 heterocycles. The van der Waals surface area contributed by atoms with E-state index in [1.165, 1.54) is 12.1 Å². The molecule has 0 saturated carbocycles. The summed E-state index contributed by atoms with van der Waals surface area (Å²) < 4.78 is 18.6. The average molecular weight is 394 g/mol. The van der Waals surface area contributed by atoms with E-state index in [1.54, 1.807) is 19.2 Å². The van der Waals surface area contributed by atoms with Crippen LogP contribution in [0.5, 0.6) is 5.75 Å². The summed E-state index contributed by atoms with van der Waals surface area (Å²) >= 11 is 0. The quantitative estimate of drug-likeness (QED) is 0.693. The van der Waals surface area contributed by atoms with Crippen molar-refractivity contribution in [2.45, 2.75) is 18.9 Å². The number of benzene rings is 2. The molecule has 1 aromatic heterocycles. The number of rotatable bonds is 5. The number of amides is 1. The molecule has 3 aromatic rings. The van der Waals surface area contributed by atoms with Crippen molar-refractivity contribution >= 4 is 11.7 Å². The summed E-state index contributed by atoms with van der Waals surface area (Å²) in [6.45, 7) is 1.53. The van der Waals surface area contributed by atoms with Crippen molar-refractivity contribution in [2.75, 3.05) is 25.1 Å². The maximum Gasteiger partial charge on any atom is 0.251 e. The van der Waals surface area contributed by atoms with E-state index in [-0.39, 0.29) is 11.9 Å². The number of halogens is 1. The maximum atomic E-state index is 13.4. The van der Waals surface area contributed by atoms with Crippen molar-refractivity contribution in [2.24, 2.45) is 0 Å². The highest BCUT2D eigenvalue weighted by atomic mass is 19.1. The Morgan fingerprint density at radius 1 is 1.24 bits per heavy atom. The first-order valence-corrected chi connectivity index (χ1v) is 9.63. The Morgan fingerprint density at radius 2 is 2.07 bits per heavy atom. The first-order valence-electron chi connectivity index (χ1n) is 9.63. The Balaban J connectivity index is 1.42. The van der Waals surface area contributed by atoms with Gasteiger partial charge in [-0.05, 0) is 60.9 Å². The van der Waals surface area contributed by atoms with Crippen LogP contribution in [0.25, 0.3) is 11.3 Å². The predicted molar refractivity (Wildman–Crippen MR) is 110 cm³/mol. The van der Waals surface area contributed by atoms with Gasteiger partial charge in [-0.1, -0.05) is 6.07 Å². The number of aromatic nitrogens is 2. The van der Waals surface area contributed by atoms with Crippen LogP contribution >= 0.6 is 0 Å². The van der Waals surface area contributed by atoms with Crippen LogP contribution in [0, 0.1) is 5.82 Å². The Bertz CT molecular complexity index is 986. The molecule has 29 heavy (non-hydrogen) atoms. The molecule has 1 aliphatic heterocycles. The zero-order valence-corrected chi connectivity index (χ0v) is 16.2. The SMILES string of the molecule is COc1ccc(-c2cc(N3CCC[C@@H](NC(=O)c4cccc(F)c4)C3)n[nH]2)cc1.